The van der Waals surface area contributed by atoms with E-state index in [2.05, 4.69) is 21.2 Å². The van der Waals surface area contributed by atoms with Gasteiger partial charge in [-0.05, 0) is 34.5 Å². The van der Waals surface area contributed by atoms with Crippen molar-refractivity contribution in [1.29, 1.82) is 0 Å². The van der Waals surface area contributed by atoms with Crippen LogP contribution in [0.1, 0.15) is 5.56 Å². The third kappa shape index (κ3) is 2.81. The fourth-order valence-corrected chi connectivity index (χ4v) is 2.09. The lowest BCUT2D eigenvalue weighted by Crippen LogP contribution is -1.99. The number of anilines is 3. The minimum absolute atomic E-state index is 0.272. The Morgan fingerprint density at radius 1 is 1.26 bits per heavy atom. The Morgan fingerprint density at radius 3 is 2.68 bits per heavy atom. The number of nitrogens with two attached hydrogens (primary N) is 1. The van der Waals surface area contributed by atoms with Gasteiger partial charge in [0, 0.05) is 16.6 Å². The fraction of sp³-hybridized carbons (Fsp3) is 0.143. The van der Waals surface area contributed by atoms with Gasteiger partial charge in [0.25, 0.3) is 0 Å². The molecule has 2 aromatic carbocycles. The normalized spacial score (nSPS) is 10.3. The van der Waals surface area contributed by atoms with Gasteiger partial charge in [0.05, 0.1) is 24.2 Å². The van der Waals surface area contributed by atoms with Crippen molar-refractivity contribution in [2.24, 2.45) is 0 Å². The molecule has 3 N–H and O–H groups in total. The zero-order valence-corrected chi connectivity index (χ0v) is 12.2. The molecule has 2 rings (SSSR count). The molecule has 0 atom stereocenters. The molecule has 0 aliphatic rings. The summed E-state index contributed by atoms with van der Waals surface area (Å²) < 4.78 is 19.9. The average Bonchev–Trinajstić information content (AvgIpc) is 2.38. The number of hydrogen-bond acceptors (Lipinski definition) is 3. The molecule has 0 spiro atoms. The van der Waals surface area contributed by atoms with Crippen molar-refractivity contribution < 1.29 is 9.13 Å². The van der Waals surface area contributed by atoms with Crippen molar-refractivity contribution in [3.05, 3.63) is 46.2 Å². The summed E-state index contributed by atoms with van der Waals surface area (Å²) in [6.45, 7) is 1.97. The zero-order valence-electron chi connectivity index (χ0n) is 10.6. The van der Waals surface area contributed by atoms with Gasteiger partial charge >= 0.3 is 0 Å². The Kier molecular flexibility index (Phi) is 3.95. The monoisotopic (exact) mass is 324 g/mol. The van der Waals surface area contributed by atoms with Gasteiger partial charge in [-0.1, -0.05) is 12.1 Å². The van der Waals surface area contributed by atoms with Crippen LogP contribution in [0.5, 0.6) is 5.75 Å². The first-order chi connectivity index (χ1) is 9.02. The minimum atomic E-state index is -0.424. The van der Waals surface area contributed by atoms with Gasteiger partial charge in [-0.3, -0.25) is 0 Å². The topological polar surface area (TPSA) is 47.3 Å². The van der Waals surface area contributed by atoms with E-state index in [0.717, 1.165) is 15.7 Å². The lowest BCUT2D eigenvalue weighted by Gasteiger charge is -2.13. The first-order valence-corrected chi connectivity index (χ1v) is 6.47. The SMILES string of the molecule is COc1cc(Nc2cccc(C)c2Br)c(F)cc1N. The highest BCUT2D eigenvalue weighted by Gasteiger charge is 2.10. The predicted octanol–water partition coefficient (Wildman–Crippen LogP) is 4.23. The summed E-state index contributed by atoms with van der Waals surface area (Å²) in [5.41, 5.74) is 8.08. The molecule has 0 aromatic heterocycles. The molecule has 0 bridgehead atoms. The van der Waals surface area contributed by atoms with Gasteiger partial charge in [-0.15, -0.1) is 0 Å². The molecular weight excluding hydrogens is 311 g/mol. The number of ether oxygens (including phenoxy) is 1. The first kappa shape index (κ1) is 13.7. The standard InChI is InChI=1S/C14H14BrFN2O/c1-8-4-3-5-11(14(8)15)18-12-7-13(19-2)10(17)6-9(12)16/h3-7,18H,17H2,1-2H3. The van der Waals surface area contributed by atoms with E-state index in [9.17, 15) is 4.39 Å². The first-order valence-electron chi connectivity index (χ1n) is 5.68. The zero-order chi connectivity index (χ0) is 14.0. The lowest BCUT2D eigenvalue weighted by molar-refractivity contribution is 0.416. The van der Waals surface area contributed by atoms with Gasteiger partial charge < -0.3 is 15.8 Å². The van der Waals surface area contributed by atoms with Crippen LogP contribution in [0.25, 0.3) is 0 Å². The summed E-state index contributed by atoms with van der Waals surface area (Å²) in [5.74, 6) is 0.0133. The third-order valence-electron chi connectivity index (χ3n) is 2.78. The number of methoxy groups -OCH3 is 1. The quantitative estimate of drug-likeness (QED) is 0.830. The summed E-state index contributed by atoms with van der Waals surface area (Å²) in [4.78, 5) is 0. The van der Waals surface area contributed by atoms with Crippen LogP contribution in [-0.4, -0.2) is 7.11 Å². The van der Waals surface area contributed by atoms with Gasteiger partial charge in [0.1, 0.15) is 11.6 Å². The highest BCUT2D eigenvalue weighted by atomic mass is 79.9. The van der Waals surface area contributed by atoms with Gasteiger partial charge in [0.15, 0.2) is 0 Å². The maximum atomic E-state index is 13.9. The number of halogens is 2. The van der Waals surface area contributed by atoms with Crippen LogP contribution in [0.15, 0.2) is 34.8 Å². The Labute approximate surface area is 119 Å². The maximum Gasteiger partial charge on any atom is 0.148 e. The van der Waals surface area contributed by atoms with E-state index in [-0.39, 0.29) is 5.69 Å². The number of aryl methyl sites for hydroxylation is 1. The molecule has 0 heterocycles. The molecular formula is C14H14BrFN2O. The summed E-state index contributed by atoms with van der Waals surface area (Å²) in [7, 11) is 1.50. The van der Waals surface area contributed by atoms with Crippen molar-refractivity contribution >= 4 is 33.0 Å². The third-order valence-corrected chi connectivity index (χ3v) is 3.83. The molecule has 3 nitrogen and oxygen atoms in total. The fourth-order valence-electron chi connectivity index (χ4n) is 1.73. The van der Waals surface area contributed by atoms with Gasteiger partial charge in [-0.2, -0.15) is 0 Å². The van der Waals surface area contributed by atoms with Crippen molar-refractivity contribution in [3.63, 3.8) is 0 Å². The molecule has 0 fully saturated rings. The molecule has 5 heteroatoms. The molecule has 0 unspecified atom stereocenters. The molecule has 0 radical (unpaired) electrons. The van der Waals surface area contributed by atoms with Crippen LogP contribution < -0.4 is 15.8 Å². The summed E-state index contributed by atoms with van der Waals surface area (Å²) in [5, 5.41) is 3.03. The molecule has 0 saturated heterocycles. The van der Waals surface area contributed by atoms with Crippen LogP contribution in [-0.2, 0) is 0 Å². The summed E-state index contributed by atoms with van der Waals surface area (Å²) >= 11 is 3.47. The van der Waals surface area contributed by atoms with Crippen molar-refractivity contribution in [2.75, 3.05) is 18.2 Å². The predicted molar refractivity (Wildman–Crippen MR) is 79.5 cm³/mol. The van der Waals surface area contributed by atoms with Crippen molar-refractivity contribution in [1.82, 2.24) is 0 Å². The number of benzene rings is 2. The molecule has 0 aliphatic carbocycles. The largest absolute Gasteiger partial charge is 0.495 e. The number of hydrogen-bond donors (Lipinski definition) is 2. The van der Waals surface area contributed by atoms with Crippen LogP contribution in [0.2, 0.25) is 0 Å². The Morgan fingerprint density at radius 2 is 2.00 bits per heavy atom. The maximum absolute atomic E-state index is 13.9. The Hall–Kier alpha value is -1.75. The van der Waals surface area contributed by atoms with Crippen LogP contribution in [0, 0.1) is 12.7 Å². The highest BCUT2D eigenvalue weighted by molar-refractivity contribution is 9.10. The number of nitrogens with one attached hydrogen (secondary N) is 1. The van der Waals surface area contributed by atoms with E-state index in [1.54, 1.807) is 6.07 Å². The van der Waals surface area contributed by atoms with E-state index in [4.69, 9.17) is 10.5 Å². The van der Waals surface area contributed by atoms with Crippen LogP contribution >= 0.6 is 15.9 Å². The summed E-state index contributed by atoms with van der Waals surface area (Å²) in [6.07, 6.45) is 0. The van der Waals surface area contributed by atoms with Gasteiger partial charge in [0.2, 0.25) is 0 Å². The lowest BCUT2D eigenvalue weighted by atomic mass is 10.2. The average molecular weight is 325 g/mol. The van der Waals surface area contributed by atoms with Crippen molar-refractivity contribution in [3.8, 4) is 5.75 Å². The molecule has 0 saturated carbocycles. The second-order valence-corrected chi connectivity index (χ2v) is 4.93. The van der Waals surface area contributed by atoms with Crippen LogP contribution in [0.4, 0.5) is 21.5 Å². The second-order valence-electron chi connectivity index (χ2n) is 4.14. The smallest absolute Gasteiger partial charge is 0.148 e. The van der Waals surface area contributed by atoms with Crippen molar-refractivity contribution in [2.45, 2.75) is 6.92 Å². The van der Waals surface area contributed by atoms with E-state index < -0.39 is 5.82 Å². The summed E-state index contributed by atoms with van der Waals surface area (Å²) in [6, 6.07) is 8.51. The second kappa shape index (κ2) is 5.48. The molecule has 100 valence electrons. The van der Waals surface area contributed by atoms with E-state index in [1.807, 2.05) is 25.1 Å². The van der Waals surface area contributed by atoms with E-state index in [0.29, 0.717) is 11.4 Å². The van der Waals surface area contributed by atoms with Gasteiger partial charge in [-0.25, -0.2) is 4.39 Å². The number of nitrogen functional groups attached to an aromatic ring is 1. The number of rotatable bonds is 3. The molecule has 0 amide bonds. The Bertz CT molecular complexity index is 617. The van der Waals surface area contributed by atoms with E-state index in [1.165, 1.54) is 13.2 Å². The van der Waals surface area contributed by atoms with Crippen LogP contribution in [0.3, 0.4) is 0 Å². The molecule has 19 heavy (non-hydrogen) atoms. The Balaban J connectivity index is 2.41. The molecule has 0 aliphatic heterocycles. The minimum Gasteiger partial charge on any atom is -0.495 e. The highest BCUT2D eigenvalue weighted by Crippen LogP contribution is 2.33. The molecule has 2 aromatic rings. The van der Waals surface area contributed by atoms with E-state index >= 15 is 0 Å².